The Bertz CT molecular complexity index is 772. The summed E-state index contributed by atoms with van der Waals surface area (Å²) in [6.45, 7) is 6.76. The summed E-state index contributed by atoms with van der Waals surface area (Å²) in [7, 11) is 0. The number of benzene rings is 1. The Hall–Kier alpha value is -2.02. The smallest absolute Gasteiger partial charge is 0.410 e. The molecule has 0 spiro atoms. The zero-order chi connectivity index (χ0) is 19.8. The van der Waals surface area contributed by atoms with Crippen molar-refractivity contribution in [1.29, 1.82) is 0 Å². The molecule has 0 aliphatic carbocycles. The van der Waals surface area contributed by atoms with E-state index in [1.807, 2.05) is 27.0 Å². The highest BCUT2D eigenvalue weighted by Gasteiger charge is 2.52. The van der Waals surface area contributed by atoms with Crippen LogP contribution < -0.4 is 0 Å². The number of rotatable bonds is 3. The second kappa shape index (κ2) is 7.19. The van der Waals surface area contributed by atoms with Crippen LogP contribution in [0.1, 0.15) is 26.3 Å². The summed E-state index contributed by atoms with van der Waals surface area (Å²) >= 11 is 1.52. The van der Waals surface area contributed by atoms with Crippen molar-refractivity contribution >= 4 is 23.6 Å². The van der Waals surface area contributed by atoms with E-state index in [0.29, 0.717) is 19.5 Å². The number of carbonyl (C=O) groups is 2. The van der Waals surface area contributed by atoms with Gasteiger partial charge in [0.15, 0.2) is 5.78 Å². The number of fused-ring (bicyclic) bond motifs is 1. The van der Waals surface area contributed by atoms with Crippen molar-refractivity contribution < 1.29 is 18.7 Å². The van der Waals surface area contributed by atoms with Gasteiger partial charge in [-0.2, -0.15) is 0 Å². The predicted octanol–water partition coefficient (Wildman–Crippen LogP) is 3.45. The molecule has 1 aromatic carbocycles. The molecule has 0 bridgehead atoms. The average molecular weight is 392 g/mol. The third-order valence-corrected chi connectivity index (χ3v) is 5.57. The Morgan fingerprint density at radius 3 is 2.52 bits per heavy atom. The lowest BCUT2D eigenvalue weighted by molar-refractivity contribution is -0.126. The van der Waals surface area contributed by atoms with E-state index in [-0.39, 0.29) is 18.1 Å². The van der Waals surface area contributed by atoms with Gasteiger partial charge >= 0.3 is 6.09 Å². The molecule has 1 saturated heterocycles. The van der Waals surface area contributed by atoms with Gasteiger partial charge in [-0.05, 0) is 44.7 Å². The SMILES string of the molecule is CSC1=CC(=O)C2(Cc3ccc(F)cc3)CN(C(=O)OC(C)(C)C)CCN12. The van der Waals surface area contributed by atoms with Crippen LogP contribution in [0.15, 0.2) is 35.4 Å². The highest BCUT2D eigenvalue weighted by atomic mass is 32.2. The monoisotopic (exact) mass is 392 g/mol. The van der Waals surface area contributed by atoms with E-state index in [1.165, 1.54) is 23.9 Å². The van der Waals surface area contributed by atoms with Gasteiger partial charge in [-0.3, -0.25) is 4.79 Å². The maximum Gasteiger partial charge on any atom is 0.410 e. The van der Waals surface area contributed by atoms with Gasteiger partial charge in [-0.25, -0.2) is 9.18 Å². The Kier molecular flexibility index (Phi) is 5.25. The number of piperazine rings is 1. The van der Waals surface area contributed by atoms with Gasteiger partial charge < -0.3 is 14.5 Å². The van der Waals surface area contributed by atoms with Crippen LogP contribution in [0.4, 0.5) is 9.18 Å². The summed E-state index contributed by atoms with van der Waals surface area (Å²) in [5.74, 6) is -0.336. The first-order valence-electron chi connectivity index (χ1n) is 8.95. The molecule has 0 radical (unpaired) electrons. The molecule has 2 aliphatic rings. The summed E-state index contributed by atoms with van der Waals surface area (Å²) in [5, 5.41) is 0.908. The largest absolute Gasteiger partial charge is 0.444 e. The fourth-order valence-electron chi connectivity index (χ4n) is 3.60. The average Bonchev–Trinajstić information content (AvgIpc) is 2.87. The number of ketones is 1. The van der Waals surface area contributed by atoms with Crippen LogP contribution in [0.5, 0.6) is 0 Å². The molecule has 7 heteroatoms. The predicted molar refractivity (Wildman–Crippen MR) is 104 cm³/mol. The zero-order valence-corrected chi connectivity index (χ0v) is 16.9. The van der Waals surface area contributed by atoms with Gasteiger partial charge in [0.1, 0.15) is 17.0 Å². The van der Waals surface area contributed by atoms with Crippen molar-refractivity contribution in [2.75, 3.05) is 25.9 Å². The quantitative estimate of drug-likeness (QED) is 0.789. The number of hydrogen-bond donors (Lipinski definition) is 0. The van der Waals surface area contributed by atoms with Crippen molar-refractivity contribution in [1.82, 2.24) is 9.80 Å². The topological polar surface area (TPSA) is 49.9 Å². The first-order chi connectivity index (χ1) is 12.6. The van der Waals surface area contributed by atoms with Crippen molar-refractivity contribution in [3.05, 3.63) is 46.8 Å². The van der Waals surface area contributed by atoms with E-state index < -0.39 is 17.2 Å². The molecule has 3 rings (SSSR count). The Morgan fingerprint density at radius 2 is 1.93 bits per heavy atom. The second-order valence-corrected chi connectivity index (χ2v) is 8.77. The summed E-state index contributed by atoms with van der Waals surface area (Å²) < 4.78 is 18.8. The van der Waals surface area contributed by atoms with Crippen LogP contribution in [0.2, 0.25) is 0 Å². The van der Waals surface area contributed by atoms with E-state index in [1.54, 1.807) is 23.1 Å². The first kappa shape index (κ1) is 19.7. The van der Waals surface area contributed by atoms with Gasteiger partial charge in [0.2, 0.25) is 0 Å². The number of nitrogens with zero attached hydrogens (tertiary/aromatic N) is 2. The van der Waals surface area contributed by atoms with E-state index in [0.717, 1.165) is 10.6 Å². The summed E-state index contributed by atoms with van der Waals surface area (Å²) in [6, 6.07) is 6.18. The van der Waals surface area contributed by atoms with Crippen LogP contribution in [0.25, 0.3) is 0 Å². The molecule has 146 valence electrons. The van der Waals surface area contributed by atoms with Gasteiger partial charge in [0.25, 0.3) is 0 Å². The lowest BCUT2D eigenvalue weighted by Gasteiger charge is -2.48. The van der Waals surface area contributed by atoms with Crippen LogP contribution in [-0.2, 0) is 16.0 Å². The van der Waals surface area contributed by atoms with Crippen molar-refractivity contribution in [2.45, 2.75) is 38.3 Å². The number of halogens is 1. The number of thioether (sulfide) groups is 1. The van der Waals surface area contributed by atoms with Gasteiger partial charge in [-0.15, -0.1) is 11.8 Å². The number of carbonyl (C=O) groups excluding carboxylic acids is 2. The van der Waals surface area contributed by atoms with E-state index in [4.69, 9.17) is 4.74 Å². The summed E-state index contributed by atoms with van der Waals surface area (Å²) in [6.07, 6.45) is 3.59. The molecule has 1 atom stereocenters. The van der Waals surface area contributed by atoms with Crippen molar-refractivity contribution in [2.24, 2.45) is 0 Å². The minimum Gasteiger partial charge on any atom is -0.444 e. The third kappa shape index (κ3) is 3.98. The van der Waals surface area contributed by atoms with Gasteiger partial charge in [0, 0.05) is 25.6 Å². The van der Waals surface area contributed by atoms with Crippen molar-refractivity contribution in [3.63, 3.8) is 0 Å². The molecule has 5 nitrogen and oxygen atoms in total. The maximum atomic E-state index is 13.3. The minimum atomic E-state index is -0.870. The Balaban J connectivity index is 1.90. The van der Waals surface area contributed by atoms with E-state index in [2.05, 4.69) is 4.90 Å². The third-order valence-electron chi connectivity index (χ3n) is 4.81. The molecule has 1 amide bonds. The second-order valence-electron chi connectivity index (χ2n) is 7.94. The summed E-state index contributed by atoms with van der Waals surface area (Å²) in [4.78, 5) is 29.3. The van der Waals surface area contributed by atoms with Crippen LogP contribution in [0.3, 0.4) is 0 Å². The maximum absolute atomic E-state index is 13.3. The zero-order valence-electron chi connectivity index (χ0n) is 16.1. The lowest BCUT2D eigenvalue weighted by atomic mass is 9.85. The van der Waals surface area contributed by atoms with E-state index >= 15 is 0 Å². The highest BCUT2D eigenvalue weighted by molar-refractivity contribution is 8.02. The lowest BCUT2D eigenvalue weighted by Crippen LogP contribution is -2.64. The normalized spacial score (nSPS) is 22.6. The minimum absolute atomic E-state index is 0.0237. The van der Waals surface area contributed by atoms with E-state index in [9.17, 15) is 14.0 Å². The van der Waals surface area contributed by atoms with Crippen LogP contribution in [-0.4, -0.2) is 58.7 Å². The molecule has 0 aromatic heterocycles. The number of ether oxygens (including phenoxy) is 1. The van der Waals surface area contributed by atoms with Crippen molar-refractivity contribution in [3.8, 4) is 0 Å². The highest BCUT2D eigenvalue weighted by Crippen LogP contribution is 2.39. The standard InChI is InChI=1S/C20H25FN2O3S/c1-19(2,3)26-18(25)22-9-10-23-17(27-4)11-16(24)20(23,13-22)12-14-5-7-15(21)8-6-14/h5-8,11H,9-10,12-13H2,1-4H3. The summed E-state index contributed by atoms with van der Waals surface area (Å²) in [5.41, 5.74) is -0.608. The van der Waals surface area contributed by atoms with Crippen LogP contribution >= 0.6 is 11.8 Å². The molecular weight excluding hydrogens is 367 g/mol. The van der Waals surface area contributed by atoms with Gasteiger partial charge in [-0.1, -0.05) is 12.1 Å². The number of hydrogen-bond acceptors (Lipinski definition) is 5. The first-order valence-corrected chi connectivity index (χ1v) is 10.2. The molecule has 27 heavy (non-hydrogen) atoms. The molecule has 1 aromatic rings. The Morgan fingerprint density at radius 1 is 1.26 bits per heavy atom. The molecule has 0 N–H and O–H groups in total. The molecule has 2 heterocycles. The number of amides is 1. The molecular formula is C20H25FN2O3S. The molecule has 1 fully saturated rings. The molecule has 2 aliphatic heterocycles. The fourth-order valence-corrected chi connectivity index (χ4v) is 4.31. The van der Waals surface area contributed by atoms with Gasteiger partial charge in [0.05, 0.1) is 11.6 Å². The Labute approximate surface area is 163 Å². The fraction of sp³-hybridized carbons (Fsp3) is 0.500. The molecule has 1 unspecified atom stereocenters. The van der Waals surface area contributed by atoms with Crippen LogP contribution in [0, 0.1) is 5.82 Å². The molecule has 0 saturated carbocycles.